The predicted molar refractivity (Wildman–Crippen MR) is 93.3 cm³/mol. The monoisotopic (exact) mass is 371 g/mol. The van der Waals surface area contributed by atoms with Gasteiger partial charge in [0.1, 0.15) is 0 Å². The Kier molecular flexibility index (Phi) is 5.04. The first kappa shape index (κ1) is 16.8. The van der Waals surface area contributed by atoms with Crippen molar-refractivity contribution >= 4 is 39.1 Å². The standard InChI is InChI=1S/C17H23BrClNO/c1-10(9-17(2,3)4)5-13(18)12-6-11-7-16(21)20-15(11)8-14(12)19/h6,8,10,13H,5,7,9H2,1-4H3,(H,20,21). The van der Waals surface area contributed by atoms with Gasteiger partial charge >= 0.3 is 0 Å². The smallest absolute Gasteiger partial charge is 0.228 e. The highest BCUT2D eigenvalue weighted by Crippen LogP contribution is 2.40. The van der Waals surface area contributed by atoms with Crippen molar-refractivity contribution in [3.05, 3.63) is 28.3 Å². The molecule has 1 amide bonds. The van der Waals surface area contributed by atoms with Crippen LogP contribution >= 0.6 is 27.5 Å². The molecule has 2 unspecified atom stereocenters. The van der Waals surface area contributed by atoms with Crippen LogP contribution in [0, 0.1) is 11.3 Å². The zero-order valence-electron chi connectivity index (χ0n) is 13.1. The number of rotatable bonds is 4. The quantitative estimate of drug-likeness (QED) is 0.671. The van der Waals surface area contributed by atoms with Crippen LogP contribution in [0.2, 0.25) is 5.02 Å². The fraction of sp³-hybridized carbons (Fsp3) is 0.588. The molecule has 1 N–H and O–H groups in total. The minimum absolute atomic E-state index is 0.0467. The van der Waals surface area contributed by atoms with Crippen LogP contribution in [-0.2, 0) is 11.2 Å². The first-order valence-electron chi connectivity index (χ1n) is 7.42. The number of carbonyl (C=O) groups is 1. The second kappa shape index (κ2) is 6.29. The van der Waals surface area contributed by atoms with Crippen LogP contribution in [0.25, 0.3) is 0 Å². The number of fused-ring (bicyclic) bond motifs is 1. The maximum absolute atomic E-state index is 11.5. The maximum atomic E-state index is 11.5. The molecule has 0 saturated carbocycles. The molecule has 0 fully saturated rings. The van der Waals surface area contributed by atoms with E-state index >= 15 is 0 Å². The zero-order valence-corrected chi connectivity index (χ0v) is 15.4. The van der Waals surface area contributed by atoms with Gasteiger partial charge in [-0.15, -0.1) is 0 Å². The summed E-state index contributed by atoms with van der Waals surface area (Å²) in [6, 6.07) is 3.94. The molecule has 2 nitrogen and oxygen atoms in total. The number of benzene rings is 1. The first-order chi connectivity index (χ1) is 9.65. The van der Waals surface area contributed by atoms with Gasteiger partial charge < -0.3 is 5.32 Å². The minimum Gasteiger partial charge on any atom is -0.325 e. The molecule has 0 bridgehead atoms. The summed E-state index contributed by atoms with van der Waals surface area (Å²) in [6.07, 6.45) is 2.67. The number of hydrogen-bond donors (Lipinski definition) is 1. The second-order valence-electron chi connectivity index (χ2n) is 7.33. The summed E-state index contributed by atoms with van der Waals surface area (Å²) in [7, 11) is 0. The van der Waals surface area contributed by atoms with Gasteiger partial charge in [-0.25, -0.2) is 0 Å². The van der Waals surface area contributed by atoms with Crippen LogP contribution in [0.3, 0.4) is 0 Å². The Balaban J connectivity index is 2.11. The summed E-state index contributed by atoms with van der Waals surface area (Å²) in [6.45, 7) is 9.09. The molecule has 1 aromatic carbocycles. The third kappa shape index (κ3) is 4.46. The number of amides is 1. The van der Waals surface area contributed by atoms with Crippen LogP contribution in [0.1, 0.15) is 56.5 Å². The van der Waals surface area contributed by atoms with Crippen LogP contribution in [0.5, 0.6) is 0 Å². The molecular weight excluding hydrogens is 350 g/mol. The molecule has 0 saturated heterocycles. The molecule has 1 aliphatic heterocycles. The van der Waals surface area contributed by atoms with Gasteiger partial charge in [-0.2, -0.15) is 0 Å². The molecule has 21 heavy (non-hydrogen) atoms. The van der Waals surface area contributed by atoms with E-state index in [0.29, 0.717) is 17.8 Å². The van der Waals surface area contributed by atoms with E-state index in [1.165, 1.54) is 6.42 Å². The van der Waals surface area contributed by atoms with E-state index in [1.54, 1.807) is 0 Å². The fourth-order valence-corrected chi connectivity index (χ4v) is 4.56. The van der Waals surface area contributed by atoms with Crippen molar-refractivity contribution in [1.29, 1.82) is 0 Å². The van der Waals surface area contributed by atoms with E-state index < -0.39 is 0 Å². The van der Waals surface area contributed by atoms with Crippen molar-refractivity contribution < 1.29 is 4.79 Å². The summed E-state index contributed by atoms with van der Waals surface area (Å²) < 4.78 is 0. The van der Waals surface area contributed by atoms with Crippen molar-refractivity contribution in [2.75, 3.05) is 5.32 Å². The summed E-state index contributed by atoms with van der Waals surface area (Å²) in [5.74, 6) is 0.656. The highest BCUT2D eigenvalue weighted by atomic mass is 79.9. The first-order valence-corrected chi connectivity index (χ1v) is 8.71. The number of anilines is 1. The minimum atomic E-state index is 0.0467. The molecule has 0 aliphatic carbocycles. The average molecular weight is 373 g/mol. The molecule has 2 atom stereocenters. The van der Waals surface area contributed by atoms with E-state index in [9.17, 15) is 4.79 Å². The van der Waals surface area contributed by atoms with Crippen LogP contribution in [0.4, 0.5) is 5.69 Å². The topological polar surface area (TPSA) is 29.1 Å². The highest BCUT2D eigenvalue weighted by Gasteiger charge is 2.24. The molecule has 0 spiro atoms. The lowest BCUT2D eigenvalue weighted by Gasteiger charge is -2.25. The van der Waals surface area contributed by atoms with E-state index in [1.807, 2.05) is 6.07 Å². The molecule has 4 heteroatoms. The molecule has 0 radical (unpaired) electrons. The lowest BCUT2D eigenvalue weighted by molar-refractivity contribution is -0.115. The van der Waals surface area contributed by atoms with Crippen molar-refractivity contribution in [3.8, 4) is 0 Å². The molecule has 0 aromatic heterocycles. The Hall–Kier alpha value is -0.540. The van der Waals surface area contributed by atoms with Crippen molar-refractivity contribution in [2.24, 2.45) is 11.3 Å². The van der Waals surface area contributed by atoms with E-state index in [-0.39, 0.29) is 10.7 Å². The van der Waals surface area contributed by atoms with E-state index in [4.69, 9.17) is 11.6 Å². The second-order valence-corrected chi connectivity index (χ2v) is 8.84. The SMILES string of the molecule is CC(CC(Br)c1cc2c(cc1Cl)NC(=O)C2)CC(C)(C)C. The number of carbonyl (C=O) groups excluding carboxylic acids is 1. The van der Waals surface area contributed by atoms with Gasteiger partial charge in [-0.1, -0.05) is 61.3 Å². The summed E-state index contributed by atoms with van der Waals surface area (Å²) in [5, 5.41) is 3.56. The molecule has 1 heterocycles. The summed E-state index contributed by atoms with van der Waals surface area (Å²) in [4.78, 5) is 11.7. The van der Waals surface area contributed by atoms with Gasteiger partial charge in [-0.3, -0.25) is 4.79 Å². The molecule has 1 aromatic rings. The number of nitrogens with one attached hydrogen (secondary N) is 1. The fourth-order valence-electron chi connectivity index (χ4n) is 3.12. The molecular formula is C17H23BrClNO. The largest absolute Gasteiger partial charge is 0.325 e. The molecule has 1 aliphatic rings. The Bertz CT molecular complexity index is 550. The van der Waals surface area contributed by atoms with Gasteiger partial charge in [0.05, 0.1) is 6.42 Å². The third-order valence-corrected chi connectivity index (χ3v) is 4.95. The van der Waals surface area contributed by atoms with Gasteiger partial charge in [0, 0.05) is 15.5 Å². The maximum Gasteiger partial charge on any atom is 0.228 e. The Labute approximate surface area is 140 Å². The number of halogens is 2. The lowest BCUT2D eigenvalue weighted by atomic mass is 9.83. The summed E-state index contributed by atoms with van der Waals surface area (Å²) >= 11 is 10.2. The molecule has 2 rings (SSSR count). The molecule has 116 valence electrons. The van der Waals surface area contributed by atoms with Crippen LogP contribution in [-0.4, -0.2) is 5.91 Å². The number of alkyl halides is 1. The predicted octanol–water partition coefficient (Wildman–Crippen LogP) is 5.73. The van der Waals surface area contributed by atoms with E-state index in [2.05, 4.69) is 55.0 Å². The number of hydrogen-bond acceptors (Lipinski definition) is 1. The average Bonchev–Trinajstić information content (AvgIpc) is 2.64. The third-order valence-electron chi connectivity index (χ3n) is 3.76. The van der Waals surface area contributed by atoms with Gasteiger partial charge in [0.25, 0.3) is 0 Å². The van der Waals surface area contributed by atoms with Crippen LogP contribution in [0.15, 0.2) is 12.1 Å². The Morgan fingerprint density at radius 3 is 2.67 bits per heavy atom. The van der Waals surface area contributed by atoms with E-state index in [0.717, 1.165) is 28.3 Å². The summed E-state index contributed by atoms with van der Waals surface area (Å²) in [5.41, 5.74) is 3.33. The highest BCUT2D eigenvalue weighted by molar-refractivity contribution is 9.09. The van der Waals surface area contributed by atoms with Crippen molar-refractivity contribution in [1.82, 2.24) is 0 Å². The van der Waals surface area contributed by atoms with Crippen molar-refractivity contribution in [3.63, 3.8) is 0 Å². The van der Waals surface area contributed by atoms with Gasteiger partial charge in [0.15, 0.2) is 0 Å². The van der Waals surface area contributed by atoms with Crippen LogP contribution < -0.4 is 5.32 Å². The van der Waals surface area contributed by atoms with Gasteiger partial charge in [-0.05, 0) is 41.4 Å². The Morgan fingerprint density at radius 1 is 1.38 bits per heavy atom. The van der Waals surface area contributed by atoms with Gasteiger partial charge in [0.2, 0.25) is 5.91 Å². The lowest BCUT2D eigenvalue weighted by Crippen LogP contribution is -2.12. The zero-order chi connectivity index (χ0) is 15.8. The Morgan fingerprint density at radius 2 is 2.05 bits per heavy atom. The normalized spacial score (nSPS) is 17.3. The van der Waals surface area contributed by atoms with Crippen molar-refractivity contribution in [2.45, 2.75) is 51.8 Å².